The third kappa shape index (κ3) is 3.73. The van der Waals surface area contributed by atoms with Crippen LogP contribution in [0.25, 0.3) is 0 Å². The van der Waals surface area contributed by atoms with Gasteiger partial charge in [0.15, 0.2) is 5.82 Å². The van der Waals surface area contributed by atoms with Gasteiger partial charge in [0, 0.05) is 26.6 Å². The molecule has 104 valence electrons. The van der Waals surface area contributed by atoms with Crippen molar-refractivity contribution in [2.75, 3.05) is 30.3 Å². The van der Waals surface area contributed by atoms with Crippen LogP contribution in [-0.2, 0) is 4.79 Å². The average Bonchev–Trinajstić information content (AvgIpc) is 2.40. The van der Waals surface area contributed by atoms with Crippen LogP contribution in [-0.4, -0.2) is 30.5 Å². The minimum absolute atomic E-state index is 0.0307. The van der Waals surface area contributed by atoms with Gasteiger partial charge in [-0.05, 0) is 30.9 Å². The summed E-state index contributed by atoms with van der Waals surface area (Å²) in [4.78, 5) is 17.3. The van der Waals surface area contributed by atoms with Crippen LogP contribution < -0.4 is 16.0 Å². The highest BCUT2D eigenvalue weighted by atomic mass is 35.5. The second kappa shape index (κ2) is 6.10. The third-order valence-electron chi connectivity index (χ3n) is 3.43. The first-order valence-corrected chi connectivity index (χ1v) is 6.85. The van der Waals surface area contributed by atoms with E-state index in [1.165, 1.54) is 0 Å². The molecule has 0 saturated carbocycles. The summed E-state index contributed by atoms with van der Waals surface area (Å²) in [6, 6.07) is 3.48. The van der Waals surface area contributed by atoms with Crippen molar-refractivity contribution in [2.45, 2.75) is 19.8 Å². The number of halogens is 1. The van der Waals surface area contributed by atoms with Crippen molar-refractivity contribution in [2.24, 2.45) is 5.92 Å². The minimum Gasteiger partial charge on any atom is -0.396 e. The Hall–Kier alpha value is -1.49. The number of pyridine rings is 1. The lowest BCUT2D eigenvalue weighted by atomic mass is 9.96. The van der Waals surface area contributed by atoms with Gasteiger partial charge in [0.2, 0.25) is 5.91 Å². The first-order chi connectivity index (χ1) is 9.06. The van der Waals surface area contributed by atoms with Crippen molar-refractivity contribution < 1.29 is 4.79 Å². The predicted molar refractivity (Wildman–Crippen MR) is 77.3 cm³/mol. The van der Waals surface area contributed by atoms with Gasteiger partial charge in [-0.2, -0.15) is 0 Å². The zero-order chi connectivity index (χ0) is 13.8. The van der Waals surface area contributed by atoms with Gasteiger partial charge in [0.1, 0.15) is 5.15 Å². The number of aromatic nitrogens is 1. The highest BCUT2D eigenvalue weighted by molar-refractivity contribution is 6.29. The molecule has 2 rings (SSSR count). The zero-order valence-electron chi connectivity index (χ0n) is 11.0. The Kier molecular flexibility index (Phi) is 4.47. The van der Waals surface area contributed by atoms with Crippen molar-refractivity contribution in [3.63, 3.8) is 0 Å². The molecule has 0 spiro atoms. The number of amides is 1. The molecule has 6 heteroatoms. The maximum Gasteiger partial charge on any atom is 0.216 e. The molecule has 1 aliphatic rings. The van der Waals surface area contributed by atoms with Crippen LogP contribution in [0.4, 0.5) is 11.5 Å². The molecule has 3 N–H and O–H groups in total. The van der Waals surface area contributed by atoms with E-state index < -0.39 is 0 Å². The van der Waals surface area contributed by atoms with Crippen LogP contribution >= 0.6 is 11.6 Å². The fourth-order valence-electron chi connectivity index (χ4n) is 2.33. The van der Waals surface area contributed by atoms with Crippen molar-refractivity contribution in [1.82, 2.24) is 10.3 Å². The normalized spacial score (nSPS) is 16.4. The Labute approximate surface area is 118 Å². The van der Waals surface area contributed by atoms with E-state index in [2.05, 4.69) is 15.2 Å². The number of nitrogens with two attached hydrogens (primary N) is 1. The van der Waals surface area contributed by atoms with Crippen LogP contribution in [0.1, 0.15) is 19.8 Å². The van der Waals surface area contributed by atoms with Gasteiger partial charge in [-0.1, -0.05) is 11.6 Å². The molecule has 1 amide bonds. The van der Waals surface area contributed by atoms with Crippen LogP contribution in [0.3, 0.4) is 0 Å². The van der Waals surface area contributed by atoms with Gasteiger partial charge >= 0.3 is 0 Å². The second-order valence-electron chi connectivity index (χ2n) is 4.91. The van der Waals surface area contributed by atoms with Gasteiger partial charge in [0.25, 0.3) is 0 Å². The average molecular weight is 283 g/mol. The fourth-order valence-corrected chi connectivity index (χ4v) is 2.47. The topological polar surface area (TPSA) is 71.2 Å². The van der Waals surface area contributed by atoms with Crippen molar-refractivity contribution >= 4 is 29.0 Å². The highest BCUT2D eigenvalue weighted by Crippen LogP contribution is 2.27. The van der Waals surface area contributed by atoms with Gasteiger partial charge < -0.3 is 16.0 Å². The lowest BCUT2D eigenvalue weighted by molar-refractivity contribution is -0.119. The van der Waals surface area contributed by atoms with E-state index in [9.17, 15) is 4.79 Å². The molecule has 0 aliphatic carbocycles. The first kappa shape index (κ1) is 13.9. The van der Waals surface area contributed by atoms with E-state index in [0.717, 1.165) is 38.3 Å². The largest absolute Gasteiger partial charge is 0.396 e. The zero-order valence-corrected chi connectivity index (χ0v) is 11.8. The van der Waals surface area contributed by atoms with Gasteiger partial charge in [-0.25, -0.2) is 4.98 Å². The lowest BCUT2D eigenvalue weighted by Gasteiger charge is -2.33. The number of piperidine rings is 1. The number of carbonyl (C=O) groups is 1. The third-order valence-corrected chi connectivity index (χ3v) is 3.64. The van der Waals surface area contributed by atoms with E-state index in [0.29, 0.717) is 16.8 Å². The summed E-state index contributed by atoms with van der Waals surface area (Å²) in [5, 5.41) is 3.33. The monoisotopic (exact) mass is 282 g/mol. The Morgan fingerprint density at radius 1 is 1.53 bits per heavy atom. The molecule has 1 aromatic heterocycles. The molecule has 0 bridgehead atoms. The summed E-state index contributed by atoms with van der Waals surface area (Å²) in [7, 11) is 0. The molecule has 1 aliphatic heterocycles. The van der Waals surface area contributed by atoms with E-state index in [-0.39, 0.29) is 5.91 Å². The van der Waals surface area contributed by atoms with Crippen molar-refractivity contribution in [1.29, 1.82) is 0 Å². The summed E-state index contributed by atoms with van der Waals surface area (Å²) in [5.41, 5.74) is 6.59. The molecule has 1 fully saturated rings. The maximum absolute atomic E-state index is 10.9. The Morgan fingerprint density at radius 2 is 2.21 bits per heavy atom. The fraction of sp³-hybridized carbons (Fsp3) is 0.538. The quantitative estimate of drug-likeness (QED) is 0.828. The Morgan fingerprint density at radius 3 is 2.84 bits per heavy atom. The molecule has 0 atom stereocenters. The molecule has 5 nitrogen and oxygen atoms in total. The molecule has 1 aromatic rings. The number of nitrogens with one attached hydrogen (secondary N) is 1. The second-order valence-corrected chi connectivity index (χ2v) is 5.30. The van der Waals surface area contributed by atoms with E-state index in [1.54, 1.807) is 19.1 Å². The maximum atomic E-state index is 10.9. The molecule has 0 unspecified atom stereocenters. The van der Waals surface area contributed by atoms with E-state index >= 15 is 0 Å². The summed E-state index contributed by atoms with van der Waals surface area (Å²) < 4.78 is 0. The van der Waals surface area contributed by atoms with Crippen molar-refractivity contribution in [3.05, 3.63) is 17.3 Å². The number of rotatable bonds is 3. The highest BCUT2D eigenvalue weighted by Gasteiger charge is 2.21. The Balaban J connectivity index is 1.92. The smallest absolute Gasteiger partial charge is 0.216 e. The summed E-state index contributed by atoms with van der Waals surface area (Å²) >= 11 is 5.91. The first-order valence-electron chi connectivity index (χ1n) is 6.47. The standard InChI is InChI=1S/C13H19ClN4O/c1-9(19)16-8-10-4-6-18(7-5-10)13-11(15)2-3-12(14)17-13/h2-3,10H,4-8,15H2,1H3,(H,16,19). The number of hydrogen-bond acceptors (Lipinski definition) is 4. The SMILES string of the molecule is CC(=O)NCC1CCN(c2nc(Cl)ccc2N)CC1. The Bertz CT molecular complexity index is 458. The minimum atomic E-state index is 0.0307. The lowest BCUT2D eigenvalue weighted by Crippen LogP contribution is -2.38. The molecule has 1 saturated heterocycles. The molecule has 0 radical (unpaired) electrons. The summed E-state index contributed by atoms with van der Waals surface area (Å²) in [6.07, 6.45) is 2.04. The van der Waals surface area contributed by atoms with Crippen LogP contribution in [0.5, 0.6) is 0 Å². The molecule has 2 heterocycles. The summed E-state index contributed by atoms with van der Waals surface area (Å²) in [5.74, 6) is 1.33. The predicted octanol–water partition coefficient (Wildman–Crippen LogP) is 1.67. The van der Waals surface area contributed by atoms with Crippen LogP contribution in [0, 0.1) is 5.92 Å². The molecule has 19 heavy (non-hydrogen) atoms. The van der Waals surface area contributed by atoms with E-state index in [1.807, 2.05) is 0 Å². The number of anilines is 2. The van der Waals surface area contributed by atoms with Crippen LogP contribution in [0.2, 0.25) is 5.15 Å². The van der Waals surface area contributed by atoms with Crippen LogP contribution in [0.15, 0.2) is 12.1 Å². The number of carbonyl (C=O) groups excluding carboxylic acids is 1. The number of hydrogen-bond donors (Lipinski definition) is 2. The summed E-state index contributed by atoms with van der Waals surface area (Å²) in [6.45, 7) is 4.08. The van der Waals surface area contributed by atoms with Gasteiger partial charge in [0.05, 0.1) is 5.69 Å². The number of nitrogen functional groups attached to an aromatic ring is 1. The molecular weight excluding hydrogens is 264 g/mol. The molecule has 0 aromatic carbocycles. The van der Waals surface area contributed by atoms with E-state index in [4.69, 9.17) is 17.3 Å². The van der Waals surface area contributed by atoms with Crippen molar-refractivity contribution in [3.8, 4) is 0 Å². The van der Waals surface area contributed by atoms with Gasteiger partial charge in [-0.15, -0.1) is 0 Å². The number of nitrogens with zero attached hydrogens (tertiary/aromatic N) is 2. The molecular formula is C13H19ClN4O. The van der Waals surface area contributed by atoms with Gasteiger partial charge in [-0.3, -0.25) is 4.79 Å².